The van der Waals surface area contributed by atoms with E-state index in [9.17, 15) is 4.79 Å². The van der Waals surface area contributed by atoms with E-state index in [0.29, 0.717) is 0 Å². The van der Waals surface area contributed by atoms with Crippen LogP contribution in [0.2, 0.25) is 0 Å². The van der Waals surface area contributed by atoms with Gasteiger partial charge >= 0.3 is 0 Å². The summed E-state index contributed by atoms with van der Waals surface area (Å²) < 4.78 is 1.88. The van der Waals surface area contributed by atoms with Crippen molar-refractivity contribution in [3.05, 3.63) is 39.3 Å². The lowest BCUT2D eigenvalue weighted by molar-refractivity contribution is -0.120. The van der Waals surface area contributed by atoms with Gasteiger partial charge in [-0.2, -0.15) is 0 Å². The van der Waals surface area contributed by atoms with Crippen LogP contribution in [0.1, 0.15) is 19.3 Å². The van der Waals surface area contributed by atoms with E-state index in [1.165, 1.54) is 0 Å². The summed E-state index contributed by atoms with van der Waals surface area (Å²) in [7, 11) is 0. The second-order valence-corrected chi connectivity index (χ2v) is 5.86. The molecule has 0 aliphatic heterocycles. The minimum atomic E-state index is 0.107. The number of rotatable bonds is 2. The van der Waals surface area contributed by atoms with E-state index in [1.54, 1.807) is 0 Å². The van der Waals surface area contributed by atoms with Gasteiger partial charge in [0.2, 0.25) is 5.91 Å². The summed E-state index contributed by atoms with van der Waals surface area (Å²) in [5, 5.41) is 2.97. The monoisotopic (exact) mass is 357 g/mol. The zero-order valence-electron chi connectivity index (χ0n) is 9.25. The fourth-order valence-electron chi connectivity index (χ4n) is 1.86. The summed E-state index contributed by atoms with van der Waals surface area (Å²) >= 11 is 6.83. The number of carbonyl (C=O) groups is 1. The van der Waals surface area contributed by atoms with Gasteiger partial charge < -0.3 is 5.32 Å². The van der Waals surface area contributed by atoms with Crippen LogP contribution in [-0.2, 0) is 4.79 Å². The molecule has 17 heavy (non-hydrogen) atoms. The minimum Gasteiger partial charge on any atom is -0.325 e. The SMILES string of the molecule is O=C(Nc1ccc(Br)cc1Br)C1CC=CCC1. The van der Waals surface area contributed by atoms with Crippen LogP contribution in [0.15, 0.2) is 39.3 Å². The summed E-state index contributed by atoms with van der Waals surface area (Å²) in [6, 6.07) is 5.74. The average Bonchev–Trinajstić information content (AvgIpc) is 2.34. The zero-order chi connectivity index (χ0) is 12.3. The highest BCUT2D eigenvalue weighted by Crippen LogP contribution is 2.27. The summed E-state index contributed by atoms with van der Waals surface area (Å²) in [6.45, 7) is 0. The van der Waals surface area contributed by atoms with Crippen LogP contribution in [0.3, 0.4) is 0 Å². The van der Waals surface area contributed by atoms with Gasteiger partial charge in [0, 0.05) is 14.9 Å². The molecule has 0 saturated heterocycles. The molecule has 0 aromatic heterocycles. The van der Waals surface area contributed by atoms with Gasteiger partial charge in [0.05, 0.1) is 5.69 Å². The number of amides is 1. The number of benzene rings is 1. The summed E-state index contributed by atoms with van der Waals surface area (Å²) in [5.41, 5.74) is 0.827. The molecule has 0 bridgehead atoms. The van der Waals surface area contributed by atoms with Crippen LogP contribution in [-0.4, -0.2) is 5.91 Å². The lowest BCUT2D eigenvalue weighted by Crippen LogP contribution is -2.23. The van der Waals surface area contributed by atoms with Gasteiger partial charge in [0.15, 0.2) is 0 Å². The van der Waals surface area contributed by atoms with Crippen molar-refractivity contribution in [1.29, 1.82) is 0 Å². The van der Waals surface area contributed by atoms with E-state index < -0.39 is 0 Å². The quantitative estimate of drug-likeness (QED) is 0.774. The van der Waals surface area contributed by atoms with E-state index in [0.717, 1.165) is 33.9 Å². The van der Waals surface area contributed by atoms with Gasteiger partial charge in [-0.05, 0) is 53.4 Å². The van der Waals surface area contributed by atoms with Crippen molar-refractivity contribution in [2.24, 2.45) is 5.92 Å². The van der Waals surface area contributed by atoms with Crippen molar-refractivity contribution >= 4 is 43.5 Å². The van der Waals surface area contributed by atoms with E-state index >= 15 is 0 Å². The van der Waals surface area contributed by atoms with Crippen LogP contribution in [0, 0.1) is 5.92 Å². The Balaban J connectivity index is 2.05. The van der Waals surface area contributed by atoms with E-state index in [2.05, 4.69) is 49.3 Å². The highest BCUT2D eigenvalue weighted by Gasteiger charge is 2.19. The molecular formula is C13H13Br2NO. The molecule has 0 fully saturated rings. The molecule has 2 nitrogen and oxygen atoms in total. The Kier molecular flexibility index (Phi) is 4.40. The topological polar surface area (TPSA) is 29.1 Å². The molecule has 0 saturated carbocycles. The molecule has 0 radical (unpaired) electrons. The van der Waals surface area contributed by atoms with Gasteiger partial charge in [-0.3, -0.25) is 4.79 Å². The van der Waals surface area contributed by atoms with Gasteiger partial charge in [-0.25, -0.2) is 0 Å². The van der Waals surface area contributed by atoms with Crippen molar-refractivity contribution in [3.8, 4) is 0 Å². The fourth-order valence-corrected chi connectivity index (χ4v) is 3.00. The van der Waals surface area contributed by atoms with E-state index in [1.807, 2.05) is 18.2 Å². The number of hydrogen-bond acceptors (Lipinski definition) is 1. The van der Waals surface area contributed by atoms with Crippen molar-refractivity contribution < 1.29 is 4.79 Å². The first-order valence-electron chi connectivity index (χ1n) is 5.58. The minimum absolute atomic E-state index is 0.107. The van der Waals surface area contributed by atoms with Crippen LogP contribution in [0.25, 0.3) is 0 Å². The largest absolute Gasteiger partial charge is 0.325 e. The number of anilines is 1. The lowest BCUT2D eigenvalue weighted by atomic mass is 9.93. The standard InChI is InChI=1S/C13H13Br2NO/c14-10-6-7-12(11(15)8-10)16-13(17)9-4-2-1-3-5-9/h1-2,6-9H,3-5H2,(H,16,17). The third kappa shape index (κ3) is 3.42. The van der Waals surface area contributed by atoms with E-state index in [-0.39, 0.29) is 11.8 Å². The molecule has 1 N–H and O–H groups in total. The van der Waals surface area contributed by atoms with Crippen molar-refractivity contribution in [1.82, 2.24) is 0 Å². The Hall–Kier alpha value is -0.610. The molecule has 0 heterocycles. The Morgan fingerprint density at radius 3 is 2.76 bits per heavy atom. The molecule has 0 spiro atoms. The molecule has 2 rings (SSSR count). The summed E-state index contributed by atoms with van der Waals surface area (Å²) in [5.74, 6) is 0.216. The molecule has 4 heteroatoms. The summed E-state index contributed by atoms with van der Waals surface area (Å²) in [6.07, 6.45) is 7.01. The van der Waals surface area contributed by atoms with E-state index in [4.69, 9.17) is 0 Å². The molecule has 1 amide bonds. The first kappa shape index (κ1) is 12.8. The Labute approximate surface area is 118 Å². The predicted molar refractivity (Wildman–Crippen MR) is 77.0 cm³/mol. The van der Waals surface area contributed by atoms with Crippen molar-refractivity contribution in [3.63, 3.8) is 0 Å². The number of halogens is 2. The summed E-state index contributed by atoms with van der Waals surface area (Å²) in [4.78, 5) is 12.0. The predicted octanol–water partition coefficient (Wildman–Crippen LogP) is 4.51. The maximum Gasteiger partial charge on any atom is 0.227 e. The Bertz CT molecular complexity index is 457. The molecule has 1 unspecified atom stereocenters. The molecule has 1 atom stereocenters. The lowest BCUT2D eigenvalue weighted by Gasteiger charge is -2.17. The normalized spacial score (nSPS) is 19.1. The fraction of sp³-hybridized carbons (Fsp3) is 0.308. The number of nitrogens with one attached hydrogen (secondary N) is 1. The third-order valence-electron chi connectivity index (χ3n) is 2.83. The Morgan fingerprint density at radius 2 is 2.12 bits per heavy atom. The van der Waals surface area contributed by atoms with Gasteiger partial charge in [0.25, 0.3) is 0 Å². The maximum absolute atomic E-state index is 12.0. The third-order valence-corrected chi connectivity index (χ3v) is 3.98. The molecule has 1 aromatic rings. The van der Waals surface area contributed by atoms with Crippen LogP contribution >= 0.6 is 31.9 Å². The molecule has 90 valence electrons. The van der Waals surface area contributed by atoms with Gasteiger partial charge in [-0.15, -0.1) is 0 Å². The van der Waals surface area contributed by atoms with Crippen molar-refractivity contribution in [2.45, 2.75) is 19.3 Å². The second-order valence-electron chi connectivity index (χ2n) is 4.09. The van der Waals surface area contributed by atoms with Gasteiger partial charge in [0.1, 0.15) is 0 Å². The number of allylic oxidation sites excluding steroid dienone is 2. The first-order chi connectivity index (χ1) is 8.16. The smallest absolute Gasteiger partial charge is 0.227 e. The van der Waals surface area contributed by atoms with Crippen molar-refractivity contribution in [2.75, 3.05) is 5.32 Å². The Morgan fingerprint density at radius 1 is 1.29 bits per heavy atom. The van der Waals surface area contributed by atoms with Crippen LogP contribution in [0.4, 0.5) is 5.69 Å². The molecule has 1 aliphatic carbocycles. The first-order valence-corrected chi connectivity index (χ1v) is 7.16. The van der Waals surface area contributed by atoms with Crippen LogP contribution in [0.5, 0.6) is 0 Å². The highest BCUT2D eigenvalue weighted by molar-refractivity contribution is 9.11. The maximum atomic E-state index is 12.0. The van der Waals surface area contributed by atoms with Gasteiger partial charge in [-0.1, -0.05) is 28.1 Å². The highest BCUT2D eigenvalue weighted by atomic mass is 79.9. The number of carbonyl (C=O) groups excluding carboxylic acids is 1. The average molecular weight is 359 g/mol. The number of hydrogen-bond donors (Lipinski definition) is 1. The van der Waals surface area contributed by atoms with Crippen LogP contribution < -0.4 is 5.32 Å². The molecule has 1 aromatic carbocycles. The molecule has 1 aliphatic rings. The second kappa shape index (κ2) is 5.83. The molecular weight excluding hydrogens is 346 g/mol. The zero-order valence-corrected chi connectivity index (χ0v) is 12.4.